The summed E-state index contributed by atoms with van der Waals surface area (Å²) in [5.74, 6) is -3.48. The molecule has 3 aromatic rings. The highest BCUT2D eigenvalue weighted by Gasteiger charge is 2.58. The lowest BCUT2D eigenvalue weighted by atomic mass is 10.1. The van der Waals surface area contributed by atoms with Gasteiger partial charge < -0.3 is 5.32 Å². The Morgan fingerprint density at radius 2 is 1.73 bits per heavy atom. The number of amides is 1. The second-order valence-electron chi connectivity index (χ2n) is 8.80. The van der Waals surface area contributed by atoms with Crippen molar-refractivity contribution in [2.24, 2.45) is 11.8 Å². The number of piperidine rings is 1. The number of rotatable bonds is 6. The van der Waals surface area contributed by atoms with Crippen LogP contribution in [0.25, 0.3) is 11.3 Å². The molecule has 2 fully saturated rings. The third kappa shape index (κ3) is 4.90. The predicted octanol–water partition coefficient (Wildman–Crippen LogP) is 3.16. The molecule has 0 spiro atoms. The molecular formula is C23H18F5N5O3S. The number of sulfonamides is 1. The maximum absolute atomic E-state index is 14.4. The van der Waals surface area contributed by atoms with Crippen LogP contribution in [0.2, 0.25) is 0 Å². The Balaban J connectivity index is 1.32. The van der Waals surface area contributed by atoms with Gasteiger partial charge in [-0.3, -0.25) is 9.78 Å². The van der Waals surface area contributed by atoms with Gasteiger partial charge >= 0.3 is 6.18 Å². The molecular weight excluding hydrogens is 521 g/mol. The van der Waals surface area contributed by atoms with Crippen LogP contribution in [0, 0.1) is 23.5 Å². The number of pyridine rings is 1. The zero-order valence-corrected chi connectivity index (χ0v) is 19.6. The van der Waals surface area contributed by atoms with E-state index >= 15 is 0 Å². The van der Waals surface area contributed by atoms with E-state index in [0.29, 0.717) is 6.42 Å². The van der Waals surface area contributed by atoms with E-state index in [1.165, 1.54) is 6.07 Å². The van der Waals surface area contributed by atoms with Gasteiger partial charge in [-0.25, -0.2) is 27.2 Å². The number of benzene rings is 1. The molecule has 1 aliphatic carbocycles. The number of hydrogen-bond donors (Lipinski definition) is 1. The Morgan fingerprint density at radius 3 is 2.38 bits per heavy atom. The van der Waals surface area contributed by atoms with E-state index in [1.54, 1.807) is 0 Å². The van der Waals surface area contributed by atoms with Crippen LogP contribution in [0.15, 0.2) is 53.8 Å². The number of nitrogens with zero attached hydrogens (tertiary/aromatic N) is 4. The number of alkyl halides is 3. The van der Waals surface area contributed by atoms with Gasteiger partial charge in [0.1, 0.15) is 17.7 Å². The largest absolute Gasteiger partial charge is 0.451 e. The van der Waals surface area contributed by atoms with Gasteiger partial charge in [0.05, 0.1) is 16.8 Å². The van der Waals surface area contributed by atoms with Crippen LogP contribution in [0.4, 0.5) is 22.0 Å². The molecule has 0 radical (unpaired) electrons. The number of hydrogen-bond acceptors (Lipinski definition) is 6. The van der Waals surface area contributed by atoms with Crippen LogP contribution in [0.5, 0.6) is 0 Å². The van der Waals surface area contributed by atoms with Crippen LogP contribution < -0.4 is 5.32 Å². The van der Waals surface area contributed by atoms with Crippen molar-refractivity contribution < 1.29 is 35.2 Å². The maximum Gasteiger partial charge on any atom is 0.451 e. The fourth-order valence-corrected chi connectivity index (χ4v) is 6.10. The Hall–Kier alpha value is -3.52. The molecule has 3 heterocycles. The summed E-state index contributed by atoms with van der Waals surface area (Å²) in [4.78, 5) is 23.3. The predicted molar refractivity (Wildman–Crippen MR) is 118 cm³/mol. The minimum Gasteiger partial charge on any atom is -0.351 e. The van der Waals surface area contributed by atoms with E-state index in [4.69, 9.17) is 0 Å². The molecule has 2 aromatic heterocycles. The van der Waals surface area contributed by atoms with Gasteiger partial charge in [-0.15, -0.1) is 0 Å². The monoisotopic (exact) mass is 539 g/mol. The number of halogens is 5. The highest BCUT2D eigenvalue weighted by molar-refractivity contribution is 7.89. The Morgan fingerprint density at radius 1 is 1.05 bits per heavy atom. The first kappa shape index (κ1) is 25.1. The molecule has 3 unspecified atom stereocenters. The Kier molecular flexibility index (Phi) is 6.18. The molecule has 1 saturated heterocycles. The zero-order valence-electron chi connectivity index (χ0n) is 18.8. The summed E-state index contributed by atoms with van der Waals surface area (Å²) in [5.41, 5.74) is 0.174. The van der Waals surface area contributed by atoms with Gasteiger partial charge in [-0.2, -0.15) is 17.5 Å². The molecule has 194 valence electrons. The average molecular weight is 539 g/mol. The standard InChI is InChI=1S/C23H18F5N5O3S/c24-15-1-3-16(4-2-15)37(35,36)33-11-13-5-17(13)20(33)21(34)30-7-12-6-19(29-10-18(12)25)14-8-31-22(32-9-14)23(26,27)28/h1-4,6,8-10,13,17,20H,5,7,11H2,(H,30,34). The second-order valence-corrected chi connectivity index (χ2v) is 10.7. The lowest BCUT2D eigenvalue weighted by Crippen LogP contribution is -2.48. The van der Waals surface area contributed by atoms with E-state index in [9.17, 15) is 35.2 Å². The lowest BCUT2D eigenvalue weighted by molar-refractivity contribution is -0.145. The molecule has 1 aromatic carbocycles. The van der Waals surface area contributed by atoms with Gasteiger partial charge in [0.25, 0.3) is 0 Å². The van der Waals surface area contributed by atoms with Crippen molar-refractivity contribution in [2.75, 3.05) is 6.54 Å². The van der Waals surface area contributed by atoms with Crippen molar-refractivity contribution in [2.45, 2.75) is 30.1 Å². The number of aromatic nitrogens is 3. The summed E-state index contributed by atoms with van der Waals surface area (Å²) >= 11 is 0. The Bertz CT molecular complexity index is 1450. The first-order chi connectivity index (χ1) is 17.4. The molecule has 2 aliphatic rings. The van der Waals surface area contributed by atoms with Crippen LogP contribution in [-0.2, 0) is 27.5 Å². The van der Waals surface area contributed by atoms with E-state index in [-0.39, 0.29) is 46.6 Å². The quantitative estimate of drug-likeness (QED) is 0.483. The number of carbonyl (C=O) groups is 1. The van der Waals surface area contributed by atoms with Crippen LogP contribution in [-0.4, -0.2) is 46.2 Å². The van der Waals surface area contributed by atoms with Gasteiger partial charge in [0.15, 0.2) is 0 Å². The molecule has 0 bridgehead atoms. The first-order valence-electron chi connectivity index (χ1n) is 11.0. The van der Waals surface area contributed by atoms with Crippen LogP contribution in [0.1, 0.15) is 17.8 Å². The summed E-state index contributed by atoms with van der Waals surface area (Å²) in [6.07, 6.45) is -1.38. The molecule has 3 atom stereocenters. The van der Waals surface area contributed by atoms with Gasteiger partial charge in [-0.1, -0.05) is 0 Å². The van der Waals surface area contributed by atoms with Crippen molar-refractivity contribution >= 4 is 15.9 Å². The van der Waals surface area contributed by atoms with Crippen LogP contribution in [0.3, 0.4) is 0 Å². The second kappa shape index (κ2) is 9.10. The molecule has 1 aliphatic heterocycles. The van der Waals surface area contributed by atoms with E-state index < -0.39 is 45.6 Å². The molecule has 1 saturated carbocycles. The highest BCUT2D eigenvalue weighted by atomic mass is 32.2. The average Bonchev–Trinajstić information content (AvgIpc) is 3.52. The maximum atomic E-state index is 14.4. The van der Waals surface area contributed by atoms with E-state index in [2.05, 4.69) is 20.3 Å². The van der Waals surface area contributed by atoms with Crippen molar-refractivity contribution in [3.63, 3.8) is 0 Å². The Labute approximate surface area is 207 Å². The third-order valence-corrected chi connectivity index (χ3v) is 8.25. The van der Waals surface area contributed by atoms with Gasteiger partial charge in [0.2, 0.25) is 21.8 Å². The SMILES string of the molecule is O=C(NCc1cc(-c2cnc(C(F)(F)F)nc2)ncc1F)C1C2CC2CN1S(=O)(=O)c1ccc(F)cc1. The van der Waals surface area contributed by atoms with E-state index in [0.717, 1.165) is 47.2 Å². The highest BCUT2D eigenvalue weighted by Crippen LogP contribution is 2.51. The minimum absolute atomic E-state index is 0.0171. The minimum atomic E-state index is -4.72. The van der Waals surface area contributed by atoms with Gasteiger partial charge in [-0.05, 0) is 48.6 Å². The zero-order chi connectivity index (χ0) is 26.5. The van der Waals surface area contributed by atoms with Crippen LogP contribution >= 0.6 is 0 Å². The summed E-state index contributed by atoms with van der Waals surface area (Å²) < 4.78 is 93.1. The van der Waals surface area contributed by atoms with Crippen molar-refractivity contribution in [3.8, 4) is 11.3 Å². The smallest absolute Gasteiger partial charge is 0.351 e. The van der Waals surface area contributed by atoms with E-state index in [1.807, 2.05) is 0 Å². The van der Waals surface area contributed by atoms with Crippen molar-refractivity contribution in [1.82, 2.24) is 24.6 Å². The molecule has 8 nitrogen and oxygen atoms in total. The lowest BCUT2D eigenvalue weighted by Gasteiger charge is -2.26. The molecule has 14 heteroatoms. The molecule has 37 heavy (non-hydrogen) atoms. The molecule has 5 rings (SSSR count). The fraction of sp³-hybridized carbons (Fsp3) is 0.304. The fourth-order valence-electron chi connectivity index (χ4n) is 4.41. The third-order valence-electron chi connectivity index (χ3n) is 6.39. The van der Waals surface area contributed by atoms with Crippen molar-refractivity contribution in [3.05, 3.63) is 71.9 Å². The molecule has 1 N–H and O–H groups in total. The summed E-state index contributed by atoms with van der Waals surface area (Å²) in [6, 6.07) is 4.52. The topological polar surface area (TPSA) is 105 Å². The van der Waals surface area contributed by atoms with Crippen molar-refractivity contribution in [1.29, 1.82) is 0 Å². The molecule has 1 amide bonds. The summed E-state index contributed by atoms with van der Waals surface area (Å²) in [6.45, 7) is -0.176. The normalized spacial score (nSPS) is 21.5. The number of fused-ring (bicyclic) bond motifs is 1. The first-order valence-corrected chi connectivity index (χ1v) is 12.5. The number of carbonyl (C=O) groups excluding carboxylic acids is 1. The van der Waals surface area contributed by atoms with Gasteiger partial charge in [0, 0.05) is 36.6 Å². The summed E-state index contributed by atoms with van der Waals surface area (Å²) in [7, 11) is -4.07. The number of nitrogens with one attached hydrogen (secondary N) is 1. The summed E-state index contributed by atoms with van der Waals surface area (Å²) in [5, 5.41) is 2.56.